The van der Waals surface area contributed by atoms with Gasteiger partial charge in [-0.3, -0.25) is 0 Å². The molecule has 0 heterocycles. The van der Waals surface area contributed by atoms with Gasteiger partial charge in [0.15, 0.2) is 0 Å². The van der Waals surface area contributed by atoms with Crippen LogP contribution in [0, 0.1) is 71.0 Å². The van der Waals surface area contributed by atoms with Crippen LogP contribution < -0.4 is 51.4 Å². The standard InChI is InChI=1S/6CN.Fe.K/c6*1-2;;/q6*-1;+2;+1. The van der Waals surface area contributed by atoms with Crippen LogP contribution in [0.1, 0.15) is 0 Å². The molecule has 0 saturated carbocycles. The van der Waals surface area contributed by atoms with E-state index < -0.39 is 0 Å². The van der Waals surface area contributed by atoms with Crippen molar-refractivity contribution in [2.75, 3.05) is 0 Å². The van der Waals surface area contributed by atoms with Crippen molar-refractivity contribution in [2.45, 2.75) is 0 Å². The number of hydrogen-bond acceptors (Lipinski definition) is 6. The van der Waals surface area contributed by atoms with E-state index in [4.69, 9.17) is 71.0 Å². The van der Waals surface area contributed by atoms with E-state index in [-0.39, 0.29) is 68.5 Å². The van der Waals surface area contributed by atoms with Crippen LogP contribution in [0.4, 0.5) is 0 Å². The molecule has 0 aromatic heterocycles. The van der Waals surface area contributed by atoms with Crippen LogP contribution in [-0.4, -0.2) is 0 Å². The van der Waals surface area contributed by atoms with E-state index in [1.807, 2.05) is 0 Å². The maximum absolute atomic E-state index is 6.25. The van der Waals surface area contributed by atoms with Crippen LogP contribution in [0.5, 0.6) is 0 Å². The first-order chi connectivity index (χ1) is 6.00. The molecule has 0 spiro atoms. The van der Waals surface area contributed by atoms with Gasteiger partial charge < -0.3 is 71.0 Å². The maximum Gasteiger partial charge on any atom is 2.00 e. The molecule has 66 valence electrons. The Kier molecular flexibility index (Phi) is 9600. The van der Waals surface area contributed by atoms with Gasteiger partial charge in [-0.1, -0.05) is 0 Å². The van der Waals surface area contributed by atoms with E-state index in [1.165, 1.54) is 0 Å². The van der Waals surface area contributed by atoms with Crippen LogP contribution in [0.2, 0.25) is 0 Å². The van der Waals surface area contributed by atoms with E-state index in [9.17, 15) is 0 Å². The third-order valence-electron chi connectivity index (χ3n) is 0. The third-order valence-corrected chi connectivity index (χ3v) is 0. The van der Waals surface area contributed by atoms with Crippen LogP contribution in [-0.2, 0) is 17.1 Å². The molecule has 0 amide bonds. The van der Waals surface area contributed by atoms with Gasteiger partial charge in [-0.05, 0) is 0 Å². The fourth-order valence-electron chi connectivity index (χ4n) is 0. The summed E-state index contributed by atoms with van der Waals surface area (Å²) >= 11 is 0. The number of nitrogens with zero attached hydrogens (tertiary/aromatic N) is 6. The molecule has 0 fully saturated rings. The first kappa shape index (κ1) is 73.8. The zero-order valence-electron chi connectivity index (χ0n) is 7.04. The molecule has 0 N–H and O–H groups in total. The minimum absolute atomic E-state index is 0. The molecular weight excluding hydrogens is 251 g/mol. The predicted octanol–water partition coefficient (Wildman–Crippen LogP) is -2.42. The number of hydrogen-bond donors (Lipinski definition) is 0. The van der Waals surface area contributed by atoms with Crippen LogP contribution in [0.15, 0.2) is 0 Å². The average Bonchev–Trinajstić information content (AvgIpc) is 2.33. The minimum atomic E-state index is 0. The largest absolute Gasteiger partial charge is 2.00 e. The molecule has 0 aliphatic heterocycles. The molecule has 0 rings (SSSR count). The summed E-state index contributed by atoms with van der Waals surface area (Å²) in [5, 5.41) is 37.5. The second kappa shape index (κ2) is 1820. The Bertz CT molecular complexity index is 97.3. The van der Waals surface area contributed by atoms with E-state index in [2.05, 4.69) is 0 Å². The van der Waals surface area contributed by atoms with Crippen LogP contribution >= 0.6 is 0 Å². The molecule has 0 aliphatic rings. The summed E-state index contributed by atoms with van der Waals surface area (Å²) in [5.74, 6) is 0. The molecule has 0 aromatic carbocycles. The maximum atomic E-state index is 6.25. The average molecular weight is 251 g/mol. The van der Waals surface area contributed by atoms with Crippen molar-refractivity contribution in [3.63, 3.8) is 0 Å². The molecule has 14 heavy (non-hydrogen) atoms. The van der Waals surface area contributed by atoms with Crippen molar-refractivity contribution in [3.05, 3.63) is 39.4 Å². The third kappa shape index (κ3) is 1380. The fraction of sp³-hybridized carbons (Fsp3) is 0. The van der Waals surface area contributed by atoms with E-state index in [1.54, 1.807) is 0 Å². The van der Waals surface area contributed by atoms with Crippen molar-refractivity contribution in [1.29, 1.82) is 31.6 Å². The van der Waals surface area contributed by atoms with Crippen LogP contribution in [0.25, 0.3) is 0 Å². The molecule has 0 aromatic rings. The van der Waals surface area contributed by atoms with Crippen molar-refractivity contribution in [2.24, 2.45) is 0 Å². The number of rotatable bonds is 0. The van der Waals surface area contributed by atoms with E-state index in [0.29, 0.717) is 0 Å². The second-order valence-corrected chi connectivity index (χ2v) is 0. The van der Waals surface area contributed by atoms with E-state index in [0.717, 1.165) is 0 Å². The topological polar surface area (TPSA) is 143 Å². The molecule has 0 unspecified atom stereocenters. The van der Waals surface area contributed by atoms with E-state index >= 15 is 0 Å². The van der Waals surface area contributed by atoms with Gasteiger partial charge in [-0.2, -0.15) is 0 Å². The molecule has 0 radical (unpaired) electrons. The summed E-state index contributed by atoms with van der Waals surface area (Å²) in [7, 11) is 0. The van der Waals surface area contributed by atoms with Gasteiger partial charge in [0, 0.05) is 0 Å². The van der Waals surface area contributed by atoms with Gasteiger partial charge in [0.05, 0.1) is 0 Å². The van der Waals surface area contributed by atoms with Crippen molar-refractivity contribution < 1.29 is 68.5 Å². The fourth-order valence-corrected chi connectivity index (χ4v) is 0. The van der Waals surface area contributed by atoms with Gasteiger partial charge >= 0.3 is 68.5 Å². The summed E-state index contributed by atoms with van der Waals surface area (Å²) in [6.07, 6.45) is 0. The van der Waals surface area contributed by atoms with Crippen molar-refractivity contribution in [1.82, 2.24) is 0 Å². The Morgan fingerprint density at radius 2 is 0.357 bits per heavy atom. The summed E-state index contributed by atoms with van der Waals surface area (Å²) in [6, 6.07) is 0. The Labute approximate surface area is 137 Å². The molecule has 0 atom stereocenters. The zero-order chi connectivity index (χ0) is 12.0. The Morgan fingerprint density at radius 1 is 0.357 bits per heavy atom. The van der Waals surface area contributed by atoms with Gasteiger partial charge in [-0.25, -0.2) is 0 Å². The van der Waals surface area contributed by atoms with Gasteiger partial charge in [-0.15, -0.1) is 0 Å². The molecule has 6 nitrogen and oxygen atoms in total. The SMILES string of the molecule is [C-]#N.[C-]#N.[C-]#N.[C-]#N.[C-]#N.[C-]#N.[Fe+2].[K+]. The van der Waals surface area contributed by atoms with Crippen molar-refractivity contribution >= 4 is 0 Å². The first-order valence-corrected chi connectivity index (χ1v) is 1.34. The summed E-state index contributed by atoms with van der Waals surface area (Å²) < 4.78 is 0. The molecule has 8 heteroatoms. The summed E-state index contributed by atoms with van der Waals surface area (Å²) in [5.41, 5.74) is 0. The first-order valence-electron chi connectivity index (χ1n) is 1.34. The second-order valence-electron chi connectivity index (χ2n) is 0. The van der Waals surface area contributed by atoms with Gasteiger partial charge in [0.1, 0.15) is 0 Å². The molecule has 0 bridgehead atoms. The summed E-state index contributed by atoms with van der Waals surface area (Å²) in [6.45, 7) is 28.5. The Balaban J connectivity index is -0.00000000500. The molecule has 0 aliphatic carbocycles. The zero-order valence-corrected chi connectivity index (χ0v) is 11.3. The monoisotopic (exact) mass is 251 g/mol. The Hall–Kier alpha value is -0.904. The minimum Gasteiger partial charge on any atom is -0.512 e. The smallest absolute Gasteiger partial charge is 0.512 e. The molecule has 0 saturated heterocycles. The van der Waals surface area contributed by atoms with Gasteiger partial charge in [0.2, 0.25) is 0 Å². The predicted molar refractivity (Wildman–Crippen MR) is 29.8 cm³/mol. The Morgan fingerprint density at radius 3 is 0.357 bits per heavy atom. The van der Waals surface area contributed by atoms with Crippen LogP contribution in [0.3, 0.4) is 0 Å². The van der Waals surface area contributed by atoms with Crippen molar-refractivity contribution in [3.8, 4) is 0 Å². The normalized spacial score (nSPS) is 0.857. The summed E-state index contributed by atoms with van der Waals surface area (Å²) in [4.78, 5) is 0. The quantitative estimate of drug-likeness (QED) is 0.346. The molecular formula is C6FeKN6-3. The van der Waals surface area contributed by atoms with Gasteiger partial charge in [0.25, 0.3) is 0 Å².